The summed E-state index contributed by atoms with van der Waals surface area (Å²) in [5.41, 5.74) is 17.0. The molecule has 0 amide bonds. The third kappa shape index (κ3) is 18.9. The summed E-state index contributed by atoms with van der Waals surface area (Å²) in [4.78, 5) is 0. The first-order valence-electron chi connectivity index (χ1n) is 24.2. The third-order valence-corrected chi connectivity index (χ3v) is 12.1. The van der Waals surface area contributed by atoms with Crippen molar-refractivity contribution < 1.29 is 16.5 Å². The van der Waals surface area contributed by atoms with Gasteiger partial charge < -0.3 is 0 Å². The van der Waals surface area contributed by atoms with Crippen LogP contribution in [0.15, 0.2) is 146 Å². The summed E-state index contributed by atoms with van der Waals surface area (Å²) in [7, 11) is 0. The van der Waals surface area contributed by atoms with Crippen molar-refractivity contribution in [1.29, 1.82) is 0 Å². The van der Waals surface area contributed by atoms with E-state index in [2.05, 4.69) is 307 Å². The minimum absolute atomic E-state index is 0. The summed E-state index contributed by atoms with van der Waals surface area (Å²) >= 11 is 0. The van der Waals surface area contributed by atoms with E-state index < -0.39 is 0 Å². The van der Waals surface area contributed by atoms with Crippen LogP contribution in [0.4, 0.5) is 0 Å². The van der Waals surface area contributed by atoms with Crippen LogP contribution in [0.25, 0.3) is 36.5 Å². The van der Waals surface area contributed by atoms with Crippen LogP contribution in [0.5, 0.6) is 0 Å². The molecule has 0 aliphatic rings. The van der Waals surface area contributed by atoms with E-state index in [4.69, 9.17) is 0 Å². The molecule has 0 aromatic heterocycles. The quantitative estimate of drug-likeness (QED) is 0.115. The maximum absolute atomic E-state index is 2.24. The van der Waals surface area contributed by atoms with Gasteiger partial charge in [-0.25, -0.2) is 0 Å². The molecule has 0 N–H and O–H groups in total. The number of hydrogen-bond donors (Lipinski definition) is 0. The van der Waals surface area contributed by atoms with Crippen molar-refractivity contribution in [3.05, 3.63) is 212 Å². The second kappa shape index (κ2) is 23.4. The number of benzene rings is 6. The molecule has 0 bridgehead atoms. The monoisotopic (exact) mass is 935 g/mol. The standard InChI is InChI=1S/3C22H28.Ni/c3*1-21(2,3)19-13-9-17(10-14-19)7-8-18-11-15-20(16-12-18)22(4,5)6;/h3*7-16H,1-6H3;/b3*8-7+;. The van der Waals surface area contributed by atoms with Crippen LogP contribution in [0.2, 0.25) is 0 Å². The zero-order valence-corrected chi connectivity index (χ0v) is 45.6. The van der Waals surface area contributed by atoms with Crippen LogP contribution in [0, 0.1) is 0 Å². The van der Waals surface area contributed by atoms with Gasteiger partial charge in [0.2, 0.25) is 0 Å². The van der Waals surface area contributed by atoms with Crippen molar-refractivity contribution in [2.24, 2.45) is 0 Å². The minimum Gasteiger partial charge on any atom is -0.0579 e. The average Bonchev–Trinajstić information content (AvgIpc) is 3.24. The first-order valence-corrected chi connectivity index (χ1v) is 24.2. The van der Waals surface area contributed by atoms with Crippen LogP contribution >= 0.6 is 0 Å². The van der Waals surface area contributed by atoms with E-state index in [1.807, 2.05) is 0 Å². The second-order valence-corrected chi connectivity index (χ2v) is 24.2. The Labute approximate surface area is 420 Å². The van der Waals surface area contributed by atoms with Crippen LogP contribution in [0.3, 0.4) is 0 Å². The molecule has 0 unspecified atom stereocenters. The topological polar surface area (TPSA) is 0 Å². The van der Waals surface area contributed by atoms with Gasteiger partial charge in [0.05, 0.1) is 0 Å². The summed E-state index contributed by atoms with van der Waals surface area (Å²) in [6, 6.07) is 53.0. The fraction of sp³-hybridized carbons (Fsp3) is 0.364. The molecule has 0 nitrogen and oxygen atoms in total. The second-order valence-electron chi connectivity index (χ2n) is 24.2. The van der Waals surface area contributed by atoms with Crippen molar-refractivity contribution in [2.75, 3.05) is 0 Å². The van der Waals surface area contributed by atoms with Gasteiger partial charge in [0.25, 0.3) is 0 Å². The Morgan fingerprint density at radius 1 is 0.179 bits per heavy atom. The Kier molecular flexibility index (Phi) is 19.7. The fourth-order valence-corrected chi connectivity index (χ4v) is 7.14. The first kappa shape index (κ1) is 56.4. The maximum Gasteiger partial charge on any atom is 0 e. The zero-order chi connectivity index (χ0) is 49.1. The van der Waals surface area contributed by atoms with Gasteiger partial charge in [-0.1, -0.05) is 307 Å². The Balaban J connectivity index is 0.000000264. The van der Waals surface area contributed by atoms with Crippen molar-refractivity contribution in [2.45, 2.75) is 157 Å². The molecule has 1 heteroatoms. The molecule has 0 aliphatic heterocycles. The molecule has 0 atom stereocenters. The largest absolute Gasteiger partial charge is 0.0579 e. The van der Waals surface area contributed by atoms with Gasteiger partial charge in [0.1, 0.15) is 0 Å². The molecule has 6 aromatic rings. The van der Waals surface area contributed by atoms with Crippen LogP contribution in [0.1, 0.15) is 191 Å². The molecule has 0 radical (unpaired) electrons. The van der Waals surface area contributed by atoms with Crippen molar-refractivity contribution in [3.63, 3.8) is 0 Å². The van der Waals surface area contributed by atoms with E-state index in [0.717, 1.165) is 0 Å². The van der Waals surface area contributed by atoms with Crippen LogP contribution in [-0.2, 0) is 49.0 Å². The van der Waals surface area contributed by atoms with E-state index in [1.165, 1.54) is 66.8 Å². The van der Waals surface area contributed by atoms with E-state index >= 15 is 0 Å². The summed E-state index contributed by atoms with van der Waals surface area (Å²) in [5, 5.41) is 0. The molecule has 67 heavy (non-hydrogen) atoms. The molecule has 0 spiro atoms. The molecular weight excluding hydrogens is 851 g/mol. The van der Waals surface area contributed by atoms with Crippen molar-refractivity contribution in [3.8, 4) is 0 Å². The minimum atomic E-state index is 0. The molecule has 6 aromatic carbocycles. The van der Waals surface area contributed by atoms with E-state index in [1.54, 1.807) is 0 Å². The molecule has 6 rings (SSSR count). The summed E-state index contributed by atoms with van der Waals surface area (Å²) < 4.78 is 0. The maximum atomic E-state index is 2.24. The van der Waals surface area contributed by atoms with Gasteiger partial charge >= 0.3 is 0 Å². The average molecular weight is 936 g/mol. The molecule has 0 saturated heterocycles. The van der Waals surface area contributed by atoms with Crippen LogP contribution < -0.4 is 0 Å². The Morgan fingerprint density at radius 3 is 0.343 bits per heavy atom. The van der Waals surface area contributed by atoms with Gasteiger partial charge in [-0.3, -0.25) is 0 Å². The summed E-state index contributed by atoms with van der Waals surface area (Å²) in [5.74, 6) is 0. The number of hydrogen-bond acceptors (Lipinski definition) is 0. The molecule has 0 fully saturated rings. The Morgan fingerprint density at radius 2 is 0.269 bits per heavy atom. The van der Waals surface area contributed by atoms with Gasteiger partial charge in [-0.2, -0.15) is 0 Å². The van der Waals surface area contributed by atoms with Gasteiger partial charge in [0.15, 0.2) is 0 Å². The summed E-state index contributed by atoms with van der Waals surface area (Å²) in [6.07, 6.45) is 13.1. The SMILES string of the molecule is CC(C)(C)c1ccc(/C=C/c2ccc(C(C)(C)C)cc2)cc1.CC(C)(C)c1ccc(/C=C/c2ccc(C(C)(C)C)cc2)cc1.CC(C)(C)c1ccc(/C=C/c2ccc(C(C)(C)C)cc2)cc1.[Ni]. The predicted molar refractivity (Wildman–Crippen MR) is 298 cm³/mol. The van der Waals surface area contributed by atoms with E-state index in [0.29, 0.717) is 0 Å². The molecule has 0 heterocycles. The summed E-state index contributed by atoms with van der Waals surface area (Å²) in [6.45, 7) is 40.4. The Bertz CT molecular complexity index is 2000. The van der Waals surface area contributed by atoms with Crippen LogP contribution in [-0.4, -0.2) is 0 Å². The molecular formula is C66H84Ni. The van der Waals surface area contributed by atoms with E-state index in [-0.39, 0.29) is 49.0 Å². The van der Waals surface area contributed by atoms with Crippen molar-refractivity contribution >= 4 is 36.5 Å². The predicted octanol–water partition coefficient (Wildman–Crippen LogP) is 19.4. The Hall–Kier alpha value is -4.97. The smallest absolute Gasteiger partial charge is 0 e. The van der Waals surface area contributed by atoms with Gasteiger partial charge in [0, 0.05) is 16.5 Å². The molecule has 0 saturated carbocycles. The molecule has 358 valence electrons. The molecule has 0 aliphatic carbocycles. The number of rotatable bonds is 6. The fourth-order valence-electron chi connectivity index (χ4n) is 7.14. The van der Waals surface area contributed by atoms with Gasteiger partial charge in [-0.05, 0) is 99.3 Å². The van der Waals surface area contributed by atoms with E-state index in [9.17, 15) is 0 Å². The first-order chi connectivity index (χ1) is 30.5. The van der Waals surface area contributed by atoms with Gasteiger partial charge in [-0.15, -0.1) is 0 Å². The third-order valence-electron chi connectivity index (χ3n) is 12.1. The normalized spacial score (nSPS) is 12.6. The zero-order valence-electron chi connectivity index (χ0n) is 44.6. The van der Waals surface area contributed by atoms with Crippen molar-refractivity contribution in [1.82, 2.24) is 0 Å².